The second-order valence-corrected chi connectivity index (χ2v) is 10.3. The second-order valence-electron chi connectivity index (χ2n) is 9.90. The summed E-state index contributed by atoms with van der Waals surface area (Å²) in [5.74, 6) is 0.298. The molecule has 0 spiro atoms. The third-order valence-corrected chi connectivity index (χ3v) is 7.29. The number of carbonyl (C=O) groups excluding carboxylic acids is 1. The number of hydrogen-bond donors (Lipinski definition) is 0. The van der Waals surface area contributed by atoms with Crippen LogP contribution in [-0.4, -0.2) is 33.8 Å². The molecule has 0 atom stereocenters. The Morgan fingerprint density at radius 2 is 1.79 bits per heavy atom. The first-order chi connectivity index (χ1) is 20.4. The highest BCUT2D eigenvalue weighted by Gasteiger charge is 2.19. The molecule has 10 heteroatoms. The van der Waals surface area contributed by atoms with Gasteiger partial charge in [-0.3, -0.25) is 4.79 Å². The summed E-state index contributed by atoms with van der Waals surface area (Å²) in [6.45, 7) is 3.03. The molecule has 216 valence electrons. The van der Waals surface area contributed by atoms with Gasteiger partial charge < -0.3 is 18.9 Å². The Morgan fingerprint density at radius 3 is 2.60 bits per heavy atom. The summed E-state index contributed by atoms with van der Waals surface area (Å²) < 4.78 is 13.8. The molecule has 9 nitrogen and oxygen atoms in total. The van der Waals surface area contributed by atoms with Crippen LogP contribution in [0.2, 0.25) is 5.02 Å². The number of halogens is 1. The van der Waals surface area contributed by atoms with Gasteiger partial charge in [-0.2, -0.15) is 0 Å². The summed E-state index contributed by atoms with van der Waals surface area (Å²) in [4.78, 5) is 32.1. The Morgan fingerprint density at radius 1 is 1.00 bits per heavy atom. The number of pyridine rings is 1. The summed E-state index contributed by atoms with van der Waals surface area (Å²) in [5, 5.41) is 12.1. The molecule has 3 aromatic carbocycles. The first kappa shape index (κ1) is 28.9. The van der Waals surface area contributed by atoms with E-state index < -0.39 is 5.09 Å². The zero-order chi connectivity index (χ0) is 29.5. The highest BCUT2D eigenvalue weighted by atomic mass is 35.5. The minimum absolute atomic E-state index is 0.0284. The number of ether oxygens (including phenoxy) is 2. The lowest BCUT2D eigenvalue weighted by atomic mass is 10.1. The van der Waals surface area contributed by atoms with Crippen LogP contribution in [0.15, 0.2) is 78.9 Å². The van der Waals surface area contributed by atoms with Crippen molar-refractivity contribution < 1.29 is 24.2 Å². The summed E-state index contributed by atoms with van der Waals surface area (Å²) in [6.07, 6.45) is 0.967. The van der Waals surface area contributed by atoms with E-state index in [0.717, 1.165) is 44.3 Å². The predicted molar refractivity (Wildman–Crippen MR) is 160 cm³/mol. The number of esters is 1. The minimum atomic E-state index is -0.828. The Hall–Kier alpha value is -4.63. The molecule has 0 amide bonds. The van der Waals surface area contributed by atoms with Gasteiger partial charge in [0.1, 0.15) is 12.4 Å². The van der Waals surface area contributed by atoms with Crippen molar-refractivity contribution in [1.29, 1.82) is 0 Å². The molecule has 0 unspecified atom stereocenters. The van der Waals surface area contributed by atoms with Crippen molar-refractivity contribution in [2.75, 3.05) is 13.2 Å². The van der Waals surface area contributed by atoms with Gasteiger partial charge in [0.2, 0.25) is 0 Å². The molecule has 0 saturated heterocycles. The number of benzene rings is 3. The lowest BCUT2D eigenvalue weighted by Gasteiger charge is -2.10. The molecule has 0 radical (unpaired) electrons. The minimum Gasteiger partial charge on any atom is -0.487 e. The molecule has 0 bridgehead atoms. The Kier molecular flexibility index (Phi) is 9.18. The van der Waals surface area contributed by atoms with Gasteiger partial charge in [-0.1, -0.05) is 48.0 Å². The number of aromatic nitrogens is 2. The van der Waals surface area contributed by atoms with E-state index >= 15 is 0 Å². The normalized spacial score (nSPS) is 11.1. The fraction of sp³-hybridized carbons (Fsp3) is 0.250. The SMILES string of the molecule is Cc1c(CC(=O)OCCCCO[N+](=O)[O-])c2cc(OCc3ccc4ccccc4n3)ccc2n1Cc1ccc(Cl)cc1. The van der Waals surface area contributed by atoms with Gasteiger partial charge in [0.05, 0.1) is 30.8 Å². The van der Waals surface area contributed by atoms with Gasteiger partial charge in [-0.05, 0) is 73.4 Å². The van der Waals surface area contributed by atoms with Crippen molar-refractivity contribution in [3.63, 3.8) is 0 Å². The number of carbonyl (C=O) groups is 1. The molecule has 42 heavy (non-hydrogen) atoms. The summed E-state index contributed by atoms with van der Waals surface area (Å²) in [5.41, 5.74) is 5.58. The van der Waals surface area contributed by atoms with E-state index in [1.54, 1.807) is 0 Å². The molecule has 0 aliphatic heterocycles. The van der Waals surface area contributed by atoms with Crippen LogP contribution in [0.1, 0.15) is 35.4 Å². The molecular weight excluding hydrogens is 558 g/mol. The average Bonchev–Trinajstić information content (AvgIpc) is 3.24. The average molecular weight is 588 g/mol. The van der Waals surface area contributed by atoms with Crippen molar-refractivity contribution >= 4 is 39.4 Å². The van der Waals surface area contributed by atoms with Crippen LogP contribution in [0.3, 0.4) is 0 Å². The smallest absolute Gasteiger partial charge is 0.310 e. The maximum absolute atomic E-state index is 12.8. The van der Waals surface area contributed by atoms with Gasteiger partial charge in [0, 0.05) is 33.6 Å². The van der Waals surface area contributed by atoms with Crippen LogP contribution < -0.4 is 4.74 Å². The van der Waals surface area contributed by atoms with E-state index in [1.807, 2.05) is 85.8 Å². The molecule has 0 aliphatic rings. The van der Waals surface area contributed by atoms with Crippen molar-refractivity contribution in [3.05, 3.63) is 117 Å². The molecule has 0 N–H and O–H groups in total. The lowest BCUT2D eigenvalue weighted by Crippen LogP contribution is -2.11. The topological polar surface area (TPSA) is 106 Å². The largest absolute Gasteiger partial charge is 0.487 e. The monoisotopic (exact) mass is 587 g/mol. The van der Waals surface area contributed by atoms with Crippen LogP contribution in [0.4, 0.5) is 0 Å². The number of hydrogen-bond acceptors (Lipinski definition) is 7. The maximum atomic E-state index is 12.8. The first-order valence-corrected chi connectivity index (χ1v) is 14.0. The van der Waals surface area contributed by atoms with Crippen LogP contribution >= 0.6 is 11.6 Å². The van der Waals surface area contributed by atoms with Crippen LogP contribution in [0.25, 0.3) is 21.8 Å². The quantitative estimate of drug-likeness (QED) is 0.0641. The zero-order valence-corrected chi connectivity index (χ0v) is 23.9. The molecule has 0 saturated carbocycles. The van der Waals surface area contributed by atoms with E-state index in [1.165, 1.54) is 0 Å². The summed E-state index contributed by atoms with van der Waals surface area (Å²) in [6, 6.07) is 25.5. The van der Waals surface area contributed by atoms with Crippen molar-refractivity contribution in [1.82, 2.24) is 9.55 Å². The van der Waals surface area contributed by atoms with Crippen molar-refractivity contribution in [2.24, 2.45) is 0 Å². The third-order valence-electron chi connectivity index (χ3n) is 7.04. The van der Waals surface area contributed by atoms with Gasteiger partial charge >= 0.3 is 5.97 Å². The fourth-order valence-electron chi connectivity index (χ4n) is 4.89. The van der Waals surface area contributed by atoms with Gasteiger partial charge in [-0.15, -0.1) is 10.1 Å². The van der Waals surface area contributed by atoms with Gasteiger partial charge in [0.25, 0.3) is 5.09 Å². The highest BCUT2D eigenvalue weighted by molar-refractivity contribution is 6.30. The first-order valence-electron chi connectivity index (χ1n) is 13.6. The van der Waals surface area contributed by atoms with Crippen LogP contribution in [0, 0.1) is 17.0 Å². The van der Waals surface area contributed by atoms with E-state index in [0.29, 0.717) is 36.8 Å². The second kappa shape index (κ2) is 13.4. The molecule has 0 fully saturated rings. The highest BCUT2D eigenvalue weighted by Crippen LogP contribution is 2.31. The summed E-state index contributed by atoms with van der Waals surface area (Å²) >= 11 is 6.09. The van der Waals surface area contributed by atoms with Crippen molar-refractivity contribution in [3.8, 4) is 5.75 Å². The number of rotatable bonds is 13. The van der Waals surface area contributed by atoms with Gasteiger partial charge in [-0.25, -0.2) is 4.98 Å². The van der Waals surface area contributed by atoms with Gasteiger partial charge in [0.15, 0.2) is 0 Å². The van der Waals surface area contributed by atoms with E-state index in [-0.39, 0.29) is 25.6 Å². The van der Waals surface area contributed by atoms with E-state index in [4.69, 9.17) is 26.1 Å². The standard InChI is InChI=1S/C32H30ClN3O6/c1-22-28(19-32(37)40-16-4-5-17-42-36(38)39)29-18-27(41-21-26-13-10-24-6-2-3-7-30(24)34-26)14-15-31(29)35(22)20-23-8-11-25(33)12-9-23/h2-3,6-15,18H,4-5,16-17,19-21H2,1H3. The Balaban J connectivity index is 1.35. The van der Waals surface area contributed by atoms with E-state index in [9.17, 15) is 14.9 Å². The Labute approximate surface area is 247 Å². The van der Waals surface area contributed by atoms with Crippen LogP contribution in [0.5, 0.6) is 5.75 Å². The van der Waals surface area contributed by atoms with Crippen molar-refractivity contribution in [2.45, 2.75) is 39.3 Å². The number of para-hydroxylation sites is 1. The number of nitrogens with zero attached hydrogens (tertiary/aromatic N) is 3. The lowest BCUT2D eigenvalue weighted by molar-refractivity contribution is -0.757. The van der Waals surface area contributed by atoms with E-state index in [2.05, 4.69) is 9.40 Å². The third kappa shape index (κ3) is 7.16. The molecule has 0 aliphatic carbocycles. The molecular formula is C32H30ClN3O6. The molecule has 2 aromatic heterocycles. The molecule has 5 rings (SSSR count). The predicted octanol–water partition coefficient (Wildman–Crippen LogP) is 6.85. The Bertz CT molecular complexity index is 1720. The van der Waals surface area contributed by atoms with Crippen LogP contribution in [-0.2, 0) is 33.9 Å². The molecule has 5 aromatic rings. The summed E-state index contributed by atoms with van der Waals surface area (Å²) in [7, 11) is 0. The number of unbranched alkanes of at least 4 members (excludes halogenated alkanes) is 1. The molecule has 2 heterocycles. The maximum Gasteiger partial charge on any atom is 0.310 e. The number of fused-ring (bicyclic) bond motifs is 2. The fourth-order valence-corrected chi connectivity index (χ4v) is 5.02. The zero-order valence-electron chi connectivity index (χ0n) is 23.1.